The Morgan fingerprint density at radius 2 is 1.70 bits per heavy atom. The van der Waals surface area contributed by atoms with E-state index in [1.54, 1.807) is 19.2 Å². The summed E-state index contributed by atoms with van der Waals surface area (Å²) in [5.41, 5.74) is 2.35. The van der Waals surface area contributed by atoms with Gasteiger partial charge in [0.05, 0.1) is 20.3 Å². The number of methoxy groups -OCH3 is 1. The molecule has 1 heterocycles. The maximum absolute atomic E-state index is 12.2. The molecule has 0 aromatic heterocycles. The molecule has 2 aromatic carbocycles. The molecule has 0 atom stereocenters. The second-order valence-corrected chi connectivity index (χ2v) is 6.37. The van der Waals surface area contributed by atoms with Crippen LogP contribution in [0.2, 0.25) is 0 Å². The quantitative estimate of drug-likeness (QED) is 0.772. The molecule has 144 valence electrons. The summed E-state index contributed by atoms with van der Waals surface area (Å²) in [7, 11) is 1.58. The smallest absolute Gasteiger partial charge is 0.258 e. The van der Waals surface area contributed by atoms with E-state index in [-0.39, 0.29) is 12.5 Å². The predicted octanol–water partition coefficient (Wildman–Crippen LogP) is 2.22. The van der Waals surface area contributed by atoms with Gasteiger partial charge in [-0.2, -0.15) is 0 Å². The summed E-state index contributed by atoms with van der Waals surface area (Å²) in [6.07, 6.45) is 0. The molecule has 0 saturated carbocycles. The van der Waals surface area contributed by atoms with Gasteiger partial charge in [-0.05, 0) is 23.3 Å². The fourth-order valence-electron chi connectivity index (χ4n) is 3.01. The highest BCUT2D eigenvalue weighted by Gasteiger charge is 2.13. The first-order valence-corrected chi connectivity index (χ1v) is 9.15. The standard InChI is InChI=1S/C21H26N2O4/c1-25-19-8-4-5-9-20(19)27-16-21(24)22-14-17-6-2-3-7-18(17)15-23-10-12-26-13-11-23/h2-9H,10-16H2,1H3,(H,22,24). The summed E-state index contributed by atoms with van der Waals surface area (Å²) in [6, 6.07) is 15.5. The number of nitrogens with one attached hydrogen (secondary N) is 1. The average Bonchev–Trinajstić information content (AvgIpc) is 2.72. The van der Waals surface area contributed by atoms with E-state index < -0.39 is 0 Å². The SMILES string of the molecule is COc1ccccc1OCC(=O)NCc1ccccc1CN1CCOCC1. The lowest BCUT2D eigenvalue weighted by atomic mass is 10.1. The third kappa shape index (κ3) is 5.70. The van der Waals surface area contributed by atoms with Crippen molar-refractivity contribution in [1.82, 2.24) is 10.2 Å². The topological polar surface area (TPSA) is 60.0 Å². The van der Waals surface area contributed by atoms with Crippen LogP contribution in [0.5, 0.6) is 11.5 Å². The largest absolute Gasteiger partial charge is 0.493 e. The number of morpholine rings is 1. The van der Waals surface area contributed by atoms with Crippen molar-refractivity contribution in [3.05, 3.63) is 59.7 Å². The van der Waals surface area contributed by atoms with Gasteiger partial charge < -0.3 is 19.5 Å². The molecule has 0 aliphatic carbocycles. The van der Waals surface area contributed by atoms with Crippen LogP contribution in [-0.4, -0.2) is 50.8 Å². The molecule has 0 unspecified atom stereocenters. The number of carbonyl (C=O) groups is 1. The molecule has 1 saturated heterocycles. The zero-order chi connectivity index (χ0) is 18.9. The Bertz CT molecular complexity index is 744. The fraction of sp³-hybridized carbons (Fsp3) is 0.381. The molecule has 6 heteroatoms. The summed E-state index contributed by atoms with van der Waals surface area (Å²) in [5.74, 6) is 1.01. The zero-order valence-electron chi connectivity index (χ0n) is 15.6. The number of nitrogens with zero attached hydrogens (tertiary/aromatic N) is 1. The maximum atomic E-state index is 12.2. The van der Waals surface area contributed by atoms with Crippen LogP contribution in [0.25, 0.3) is 0 Å². The van der Waals surface area contributed by atoms with E-state index >= 15 is 0 Å². The van der Waals surface area contributed by atoms with Crippen LogP contribution in [0, 0.1) is 0 Å². The molecule has 6 nitrogen and oxygen atoms in total. The monoisotopic (exact) mass is 370 g/mol. The maximum Gasteiger partial charge on any atom is 0.258 e. The Labute approximate surface area is 160 Å². The number of hydrogen-bond acceptors (Lipinski definition) is 5. The normalized spacial score (nSPS) is 14.6. The second-order valence-electron chi connectivity index (χ2n) is 6.37. The number of hydrogen-bond donors (Lipinski definition) is 1. The zero-order valence-corrected chi connectivity index (χ0v) is 15.6. The number of para-hydroxylation sites is 2. The molecule has 0 bridgehead atoms. The van der Waals surface area contributed by atoms with Gasteiger partial charge in [0, 0.05) is 26.2 Å². The van der Waals surface area contributed by atoms with E-state index in [9.17, 15) is 4.79 Å². The van der Waals surface area contributed by atoms with Crippen molar-refractivity contribution < 1.29 is 19.0 Å². The van der Waals surface area contributed by atoms with Crippen LogP contribution in [0.4, 0.5) is 0 Å². The van der Waals surface area contributed by atoms with Crippen molar-refractivity contribution in [3.63, 3.8) is 0 Å². The molecule has 0 spiro atoms. The third-order valence-corrected chi connectivity index (χ3v) is 4.52. The lowest BCUT2D eigenvalue weighted by molar-refractivity contribution is -0.123. The second kappa shape index (κ2) is 9.94. The van der Waals surface area contributed by atoms with Crippen molar-refractivity contribution in [2.24, 2.45) is 0 Å². The third-order valence-electron chi connectivity index (χ3n) is 4.52. The van der Waals surface area contributed by atoms with Gasteiger partial charge in [-0.25, -0.2) is 0 Å². The molecular weight excluding hydrogens is 344 g/mol. The van der Waals surface area contributed by atoms with Gasteiger partial charge in [-0.15, -0.1) is 0 Å². The molecule has 1 fully saturated rings. The molecule has 0 radical (unpaired) electrons. The first-order valence-electron chi connectivity index (χ1n) is 9.15. The highest BCUT2D eigenvalue weighted by atomic mass is 16.5. The molecule has 3 rings (SSSR count). The number of amides is 1. The van der Waals surface area contributed by atoms with Crippen LogP contribution in [0.1, 0.15) is 11.1 Å². The van der Waals surface area contributed by atoms with Gasteiger partial charge in [-0.3, -0.25) is 9.69 Å². The van der Waals surface area contributed by atoms with Crippen LogP contribution in [0.15, 0.2) is 48.5 Å². The van der Waals surface area contributed by atoms with Crippen LogP contribution >= 0.6 is 0 Å². The molecule has 1 aliphatic rings. The number of ether oxygens (including phenoxy) is 3. The molecule has 1 N–H and O–H groups in total. The summed E-state index contributed by atoms with van der Waals surface area (Å²) in [5, 5.41) is 2.94. The minimum atomic E-state index is -0.165. The van der Waals surface area contributed by atoms with Gasteiger partial charge in [0.15, 0.2) is 18.1 Å². The van der Waals surface area contributed by atoms with E-state index in [0.29, 0.717) is 18.0 Å². The highest BCUT2D eigenvalue weighted by molar-refractivity contribution is 5.77. The fourth-order valence-corrected chi connectivity index (χ4v) is 3.01. The van der Waals surface area contributed by atoms with Crippen LogP contribution in [-0.2, 0) is 22.6 Å². The Hall–Kier alpha value is -2.57. The van der Waals surface area contributed by atoms with Crippen molar-refractivity contribution in [3.8, 4) is 11.5 Å². The lowest BCUT2D eigenvalue weighted by Gasteiger charge is -2.27. The van der Waals surface area contributed by atoms with Crippen molar-refractivity contribution in [1.29, 1.82) is 0 Å². The molecule has 2 aromatic rings. The van der Waals surface area contributed by atoms with Crippen LogP contribution in [0.3, 0.4) is 0 Å². The lowest BCUT2D eigenvalue weighted by Crippen LogP contribution is -2.36. The van der Waals surface area contributed by atoms with E-state index in [1.165, 1.54) is 5.56 Å². The van der Waals surface area contributed by atoms with E-state index in [2.05, 4.69) is 22.3 Å². The first-order chi connectivity index (χ1) is 13.3. The van der Waals surface area contributed by atoms with Gasteiger partial charge in [0.1, 0.15) is 0 Å². The summed E-state index contributed by atoms with van der Waals surface area (Å²) in [4.78, 5) is 14.6. The van der Waals surface area contributed by atoms with Gasteiger partial charge >= 0.3 is 0 Å². The predicted molar refractivity (Wildman–Crippen MR) is 103 cm³/mol. The Balaban J connectivity index is 1.51. The minimum absolute atomic E-state index is 0.0496. The number of benzene rings is 2. The van der Waals surface area contributed by atoms with Crippen molar-refractivity contribution >= 4 is 5.91 Å². The number of carbonyl (C=O) groups excluding carboxylic acids is 1. The van der Waals surface area contributed by atoms with Crippen molar-refractivity contribution in [2.75, 3.05) is 40.0 Å². The Kier molecular flexibility index (Phi) is 7.07. The van der Waals surface area contributed by atoms with Crippen LogP contribution < -0.4 is 14.8 Å². The first kappa shape index (κ1) is 19.2. The van der Waals surface area contributed by atoms with Gasteiger partial charge in [0.2, 0.25) is 0 Å². The Morgan fingerprint density at radius 1 is 1.04 bits per heavy atom. The molecular formula is C21H26N2O4. The van der Waals surface area contributed by atoms with Gasteiger partial charge in [0.25, 0.3) is 5.91 Å². The highest BCUT2D eigenvalue weighted by Crippen LogP contribution is 2.25. The van der Waals surface area contributed by atoms with Gasteiger partial charge in [-0.1, -0.05) is 36.4 Å². The van der Waals surface area contributed by atoms with E-state index in [1.807, 2.05) is 24.3 Å². The Morgan fingerprint density at radius 3 is 2.44 bits per heavy atom. The summed E-state index contributed by atoms with van der Waals surface area (Å²) in [6.45, 7) is 4.73. The summed E-state index contributed by atoms with van der Waals surface area (Å²) >= 11 is 0. The van der Waals surface area contributed by atoms with Crippen molar-refractivity contribution in [2.45, 2.75) is 13.1 Å². The molecule has 1 amide bonds. The summed E-state index contributed by atoms with van der Waals surface area (Å²) < 4.78 is 16.2. The molecule has 27 heavy (non-hydrogen) atoms. The van der Waals surface area contributed by atoms with E-state index in [0.717, 1.165) is 38.4 Å². The molecule has 1 aliphatic heterocycles. The van der Waals surface area contributed by atoms with E-state index in [4.69, 9.17) is 14.2 Å². The average molecular weight is 370 g/mol. The minimum Gasteiger partial charge on any atom is -0.493 e. The number of rotatable bonds is 8.